The fraction of sp³-hybridized carbons (Fsp3) is 0.800. The van der Waals surface area contributed by atoms with Gasteiger partial charge in [-0.2, -0.15) is 0 Å². The number of nitrogens with zero attached hydrogens (tertiary/aromatic N) is 1. The maximum absolute atomic E-state index is 12.7. The molecular weight excluding hydrogens is 697 g/mol. The van der Waals surface area contributed by atoms with E-state index in [1.807, 2.05) is 21.1 Å². The van der Waals surface area contributed by atoms with Gasteiger partial charge in [-0.3, -0.25) is 13.8 Å². The third-order valence-corrected chi connectivity index (χ3v) is 10.1. The Morgan fingerprint density at radius 2 is 1.07 bits per heavy atom. The van der Waals surface area contributed by atoms with Gasteiger partial charge in [0.15, 0.2) is 0 Å². The number of rotatable bonds is 40. The summed E-state index contributed by atoms with van der Waals surface area (Å²) in [6, 6.07) is 0. The SMILES string of the molecule is CC/C=C\C/C=C\C/C=C\C/C=C\CCCCCCCOCC(COP(=O)(O)OCC[N+](C)(C)C)OC(=O)CCCCCCCCCCCCCCCC. The van der Waals surface area contributed by atoms with Gasteiger partial charge < -0.3 is 18.9 Å². The molecule has 2 atom stereocenters. The van der Waals surface area contributed by atoms with Gasteiger partial charge in [0.05, 0.1) is 34.4 Å². The molecule has 0 aliphatic carbocycles. The number of likely N-dealkylation sites (N-methyl/N-ethyl adjacent to an activating group) is 1. The van der Waals surface area contributed by atoms with Crippen molar-refractivity contribution in [2.45, 2.75) is 180 Å². The Morgan fingerprint density at radius 1 is 0.593 bits per heavy atom. The van der Waals surface area contributed by atoms with Crippen LogP contribution >= 0.6 is 7.82 Å². The van der Waals surface area contributed by atoms with Crippen molar-refractivity contribution in [1.29, 1.82) is 0 Å². The van der Waals surface area contributed by atoms with Crippen LogP contribution in [-0.4, -0.2) is 75.6 Å². The van der Waals surface area contributed by atoms with E-state index in [-0.39, 0.29) is 25.8 Å². The summed E-state index contributed by atoms with van der Waals surface area (Å²) >= 11 is 0. The highest BCUT2D eigenvalue weighted by Crippen LogP contribution is 2.43. The summed E-state index contributed by atoms with van der Waals surface area (Å²) in [5.74, 6) is -0.321. The monoisotopic (exact) mass is 783 g/mol. The largest absolute Gasteiger partial charge is 0.472 e. The van der Waals surface area contributed by atoms with E-state index >= 15 is 0 Å². The standard InChI is InChI=1S/C45H84NO7P/c1-6-8-10-12-14-16-18-20-22-23-24-25-27-29-31-33-35-37-40-50-42-44(43-52-54(48,49)51-41-39-46(3,4)5)53-45(47)38-36-34-32-30-28-26-21-19-17-15-13-11-9-7-2/h8,10,14,16,20,22,24-25,44H,6-7,9,11-13,15,17-19,21,23,26-43H2,1-5H3/p+1/b10-8-,16-14-,22-20-,25-24-. The van der Waals surface area contributed by atoms with Gasteiger partial charge in [-0.1, -0.05) is 165 Å². The van der Waals surface area contributed by atoms with Gasteiger partial charge in [0.25, 0.3) is 0 Å². The van der Waals surface area contributed by atoms with E-state index in [9.17, 15) is 14.3 Å². The summed E-state index contributed by atoms with van der Waals surface area (Å²) in [7, 11) is 1.65. The molecule has 316 valence electrons. The van der Waals surface area contributed by atoms with Crippen molar-refractivity contribution in [3.8, 4) is 0 Å². The fourth-order valence-corrected chi connectivity index (χ4v) is 6.52. The molecule has 0 radical (unpaired) electrons. The summed E-state index contributed by atoms with van der Waals surface area (Å²) in [5, 5.41) is 0. The molecule has 0 aromatic carbocycles. The van der Waals surface area contributed by atoms with Gasteiger partial charge in [-0.05, 0) is 51.4 Å². The topological polar surface area (TPSA) is 91.3 Å². The average molecular weight is 783 g/mol. The summed E-state index contributed by atoms with van der Waals surface area (Å²) in [4.78, 5) is 22.9. The van der Waals surface area contributed by atoms with E-state index in [1.54, 1.807) is 0 Å². The van der Waals surface area contributed by atoms with E-state index < -0.39 is 13.9 Å². The molecule has 9 heteroatoms. The van der Waals surface area contributed by atoms with Gasteiger partial charge >= 0.3 is 13.8 Å². The van der Waals surface area contributed by atoms with E-state index in [4.69, 9.17) is 18.5 Å². The number of hydrogen-bond acceptors (Lipinski definition) is 6. The van der Waals surface area contributed by atoms with Crippen LogP contribution in [0.15, 0.2) is 48.6 Å². The molecule has 0 aliphatic heterocycles. The highest BCUT2D eigenvalue weighted by Gasteiger charge is 2.26. The fourth-order valence-electron chi connectivity index (χ4n) is 5.78. The van der Waals surface area contributed by atoms with Crippen molar-refractivity contribution >= 4 is 13.8 Å². The number of allylic oxidation sites excluding steroid dienone is 8. The molecule has 0 rings (SSSR count). The molecular formula is C45H85NO7P+. The normalized spacial score (nSPS) is 14.3. The third-order valence-electron chi connectivity index (χ3n) is 9.15. The number of hydrogen-bond donors (Lipinski definition) is 1. The van der Waals surface area contributed by atoms with E-state index in [1.165, 1.54) is 83.5 Å². The van der Waals surface area contributed by atoms with Gasteiger partial charge in [-0.15, -0.1) is 0 Å². The summed E-state index contributed by atoms with van der Waals surface area (Å²) in [6.07, 6.45) is 45.7. The predicted octanol–water partition coefficient (Wildman–Crippen LogP) is 12.8. The molecule has 54 heavy (non-hydrogen) atoms. The Balaban J connectivity index is 4.27. The van der Waals surface area contributed by atoms with Crippen LogP contribution in [0.1, 0.15) is 174 Å². The van der Waals surface area contributed by atoms with Crippen LogP contribution in [0.25, 0.3) is 0 Å². The van der Waals surface area contributed by atoms with Gasteiger partial charge in [0.1, 0.15) is 19.3 Å². The quantitative estimate of drug-likeness (QED) is 0.0218. The van der Waals surface area contributed by atoms with Crippen molar-refractivity contribution < 1.29 is 37.3 Å². The van der Waals surface area contributed by atoms with Gasteiger partial charge in [0, 0.05) is 13.0 Å². The van der Waals surface area contributed by atoms with E-state index in [0.717, 1.165) is 70.6 Å². The molecule has 0 bridgehead atoms. The minimum absolute atomic E-state index is 0.0841. The molecule has 0 saturated heterocycles. The highest BCUT2D eigenvalue weighted by molar-refractivity contribution is 7.47. The van der Waals surface area contributed by atoms with Crippen LogP contribution in [0.5, 0.6) is 0 Å². The maximum Gasteiger partial charge on any atom is 0.472 e. The lowest BCUT2D eigenvalue weighted by molar-refractivity contribution is -0.870. The van der Waals surface area contributed by atoms with Crippen molar-refractivity contribution in [3.63, 3.8) is 0 Å². The first-order chi connectivity index (χ1) is 26.1. The number of phosphoric acid groups is 1. The highest BCUT2D eigenvalue weighted by atomic mass is 31.2. The average Bonchev–Trinajstić information content (AvgIpc) is 3.12. The predicted molar refractivity (Wildman–Crippen MR) is 229 cm³/mol. The van der Waals surface area contributed by atoms with Gasteiger partial charge in [0.2, 0.25) is 0 Å². The number of esters is 1. The van der Waals surface area contributed by atoms with Crippen LogP contribution in [-0.2, 0) is 27.9 Å². The van der Waals surface area contributed by atoms with Crippen LogP contribution in [0.4, 0.5) is 0 Å². The van der Waals surface area contributed by atoms with Crippen molar-refractivity contribution in [3.05, 3.63) is 48.6 Å². The zero-order valence-corrected chi connectivity index (χ0v) is 36.6. The lowest BCUT2D eigenvalue weighted by Crippen LogP contribution is -2.37. The first-order valence-electron chi connectivity index (χ1n) is 21.9. The molecule has 0 aromatic rings. The minimum atomic E-state index is -4.28. The third kappa shape index (κ3) is 41.6. The summed E-state index contributed by atoms with van der Waals surface area (Å²) in [5.41, 5.74) is 0. The molecule has 0 amide bonds. The van der Waals surface area contributed by atoms with Crippen LogP contribution in [0.2, 0.25) is 0 Å². The van der Waals surface area contributed by atoms with Crippen LogP contribution < -0.4 is 0 Å². The zero-order valence-electron chi connectivity index (χ0n) is 35.7. The Bertz CT molecular complexity index is 1000. The first-order valence-corrected chi connectivity index (χ1v) is 23.4. The second-order valence-electron chi connectivity index (χ2n) is 15.7. The van der Waals surface area contributed by atoms with Crippen LogP contribution in [0, 0.1) is 0 Å². The second kappa shape index (κ2) is 38.3. The smallest absolute Gasteiger partial charge is 0.457 e. The van der Waals surface area contributed by atoms with E-state index in [2.05, 4.69) is 62.5 Å². The number of ether oxygens (including phenoxy) is 2. The Kier molecular flexibility index (Phi) is 37.2. The number of quaternary nitrogens is 1. The Morgan fingerprint density at radius 3 is 1.61 bits per heavy atom. The molecule has 2 unspecified atom stereocenters. The summed E-state index contributed by atoms with van der Waals surface area (Å²) in [6.45, 7) is 5.47. The number of carbonyl (C=O) groups is 1. The second-order valence-corrected chi connectivity index (χ2v) is 17.2. The van der Waals surface area contributed by atoms with E-state index in [0.29, 0.717) is 24.1 Å². The molecule has 0 spiro atoms. The van der Waals surface area contributed by atoms with Crippen molar-refractivity contribution in [2.24, 2.45) is 0 Å². The lowest BCUT2D eigenvalue weighted by Gasteiger charge is -2.24. The maximum atomic E-state index is 12.7. The Labute approximate surface area is 333 Å². The molecule has 0 aromatic heterocycles. The van der Waals surface area contributed by atoms with Crippen molar-refractivity contribution in [1.82, 2.24) is 0 Å². The molecule has 0 fully saturated rings. The van der Waals surface area contributed by atoms with Crippen LogP contribution in [0.3, 0.4) is 0 Å². The number of unbranched alkanes of at least 4 members (excludes halogenated alkanes) is 18. The molecule has 0 aliphatic rings. The Hall–Kier alpha value is -1.54. The zero-order chi connectivity index (χ0) is 39.9. The lowest BCUT2D eigenvalue weighted by atomic mass is 10.0. The minimum Gasteiger partial charge on any atom is -0.457 e. The van der Waals surface area contributed by atoms with Crippen molar-refractivity contribution in [2.75, 3.05) is 54.1 Å². The molecule has 1 N–H and O–H groups in total. The first kappa shape index (κ1) is 52.5. The molecule has 8 nitrogen and oxygen atoms in total. The molecule has 0 saturated carbocycles. The number of carbonyl (C=O) groups excluding carboxylic acids is 1. The molecule has 0 heterocycles. The number of phosphoric ester groups is 1. The van der Waals surface area contributed by atoms with Gasteiger partial charge in [-0.25, -0.2) is 4.57 Å². The summed E-state index contributed by atoms with van der Waals surface area (Å²) < 4.78 is 35.0.